The summed E-state index contributed by atoms with van der Waals surface area (Å²) in [7, 11) is 4.58. The molecule has 1 saturated heterocycles. The van der Waals surface area contributed by atoms with Gasteiger partial charge in [0.25, 0.3) is 5.91 Å². The van der Waals surface area contributed by atoms with Gasteiger partial charge in [-0.05, 0) is 25.1 Å². The molecule has 0 radical (unpaired) electrons. The van der Waals surface area contributed by atoms with E-state index in [4.69, 9.17) is 19.3 Å². The van der Waals surface area contributed by atoms with Crippen molar-refractivity contribution in [2.45, 2.75) is 6.42 Å². The molecule has 1 aliphatic heterocycles. The molecule has 1 aromatic carbocycles. The fourth-order valence-corrected chi connectivity index (χ4v) is 2.98. The second-order valence-electron chi connectivity index (χ2n) is 5.59. The van der Waals surface area contributed by atoms with E-state index >= 15 is 0 Å². The molecule has 2 rings (SSSR count). The monoisotopic (exact) mass is 338 g/mol. The van der Waals surface area contributed by atoms with Crippen molar-refractivity contribution >= 4 is 5.91 Å². The second kappa shape index (κ2) is 8.75. The Morgan fingerprint density at radius 2 is 1.79 bits per heavy atom. The van der Waals surface area contributed by atoms with Gasteiger partial charge in [0.05, 0.1) is 33.5 Å². The number of hydrogen-bond donors (Lipinski definition) is 1. The lowest BCUT2D eigenvalue weighted by molar-refractivity contribution is 0.0756. The van der Waals surface area contributed by atoms with Gasteiger partial charge in [-0.1, -0.05) is 0 Å². The largest absolute Gasteiger partial charge is 0.493 e. The van der Waals surface area contributed by atoms with Gasteiger partial charge in [0.15, 0.2) is 11.5 Å². The number of amides is 1. The molecule has 0 spiro atoms. The molecule has 1 aliphatic rings. The number of nitrogens with zero attached hydrogens (tertiary/aromatic N) is 2. The lowest BCUT2D eigenvalue weighted by Gasteiger charge is -2.23. The maximum atomic E-state index is 12.9. The van der Waals surface area contributed by atoms with Crippen LogP contribution in [0.5, 0.6) is 17.2 Å². The molecule has 1 amide bonds. The molecule has 24 heavy (non-hydrogen) atoms. The van der Waals surface area contributed by atoms with Gasteiger partial charge in [-0.25, -0.2) is 0 Å². The molecular weight excluding hydrogens is 312 g/mol. The molecule has 7 heteroatoms. The highest BCUT2D eigenvalue weighted by Gasteiger charge is 2.26. The van der Waals surface area contributed by atoms with Crippen molar-refractivity contribution in [2.24, 2.45) is 0 Å². The van der Waals surface area contributed by atoms with Crippen molar-refractivity contribution in [3.05, 3.63) is 17.7 Å². The summed E-state index contributed by atoms with van der Waals surface area (Å²) in [4.78, 5) is 16.9. The molecule has 1 fully saturated rings. The molecule has 134 valence electrons. The minimum Gasteiger partial charge on any atom is -0.493 e. The first-order chi connectivity index (χ1) is 11.7. The Labute approximate surface area is 142 Å². The van der Waals surface area contributed by atoms with Gasteiger partial charge >= 0.3 is 0 Å². The van der Waals surface area contributed by atoms with E-state index in [1.807, 2.05) is 4.90 Å². The number of rotatable bonds is 6. The highest BCUT2D eigenvalue weighted by molar-refractivity contribution is 5.98. The van der Waals surface area contributed by atoms with Crippen LogP contribution in [0, 0.1) is 0 Å². The number of carbonyl (C=O) groups is 1. The predicted octanol–water partition coefficient (Wildman–Crippen LogP) is 0.853. The van der Waals surface area contributed by atoms with E-state index in [1.165, 1.54) is 14.2 Å². The molecule has 0 unspecified atom stereocenters. The van der Waals surface area contributed by atoms with E-state index < -0.39 is 0 Å². The van der Waals surface area contributed by atoms with Gasteiger partial charge in [0, 0.05) is 26.2 Å². The number of carbonyl (C=O) groups excluding carboxylic acids is 1. The Balaban J connectivity index is 2.23. The Morgan fingerprint density at radius 3 is 2.42 bits per heavy atom. The zero-order chi connectivity index (χ0) is 17.5. The van der Waals surface area contributed by atoms with E-state index in [9.17, 15) is 4.79 Å². The van der Waals surface area contributed by atoms with Crippen LogP contribution < -0.4 is 14.2 Å². The fourth-order valence-electron chi connectivity index (χ4n) is 2.98. The van der Waals surface area contributed by atoms with Crippen LogP contribution in [0.3, 0.4) is 0 Å². The SMILES string of the molecule is COc1ccc(C(=O)N2CCCN(CCO)CC2)c(OC)c1OC. The molecule has 1 heterocycles. The smallest absolute Gasteiger partial charge is 0.257 e. The zero-order valence-corrected chi connectivity index (χ0v) is 14.6. The highest BCUT2D eigenvalue weighted by atomic mass is 16.5. The van der Waals surface area contributed by atoms with Gasteiger partial charge in [0.2, 0.25) is 5.75 Å². The molecular formula is C17H26N2O5. The van der Waals surface area contributed by atoms with Gasteiger partial charge in [-0.3, -0.25) is 9.69 Å². The van der Waals surface area contributed by atoms with E-state index in [-0.39, 0.29) is 12.5 Å². The van der Waals surface area contributed by atoms with Gasteiger partial charge in [-0.2, -0.15) is 0 Å². The molecule has 1 N–H and O–H groups in total. The Morgan fingerprint density at radius 1 is 1.04 bits per heavy atom. The molecule has 0 saturated carbocycles. The summed E-state index contributed by atoms with van der Waals surface area (Å²) in [6.07, 6.45) is 0.876. The van der Waals surface area contributed by atoms with Crippen LogP contribution in [0.2, 0.25) is 0 Å². The van der Waals surface area contributed by atoms with Crippen molar-refractivity contribution in [2.75, 3.05) is 60.7 Å². The molecule has 0 aliphatic carbocycles. The number of methoxy groups -OCH3 is 3. The van der Waals surface area contributed by atoms with Crippen molar-refractivity contribution in [3.8, 4) is 17.2 Å². The van der Waals surface area contributed by atoms with E-state index in [0.29, 0.717) is 42.4 Å². The van der Waals surface area contributed by atoms with Crippen LogP contribution in [0.25, 0.3) is 0 Å². The summed E-state index contributed by atoms with van der Waals surface area (Å²) in [5.41, 5.74) is 0.464. The fraction of sp³-hybridized carbons (Fsp3) is 0.588. The minimum atomic E-state index is -0.0846. The average molecular weight is 338 g/mol. The number of β-amino-alcohol motifs (C(OH)–C–C–N with tert-alkyl or cyclic N) is 1. The summed E-state index contributed by atoms with van der Waals surface area (Å²) in [5.74, 6) is 1.25. The van der Waals surface area contributed by atoms with Gasteiger partial charge in [0.1, 0.15) is 0 Å². The average Bonchev–Trinajstić information content (AvgIpc) is 2.85. The first-order valence-electron chi connectivity index (χ1n) is 8.07. The summed E-state index contributed by atoms with van der Waals surface area (Å²) >= 11 is 0. The standard InChI is InChI=1S/C17H26N2O5/c1-22-14-6-5-13(15(23-2)16(14)24-3)17(21)19-8-4-7-18(9-10-19)11-12-20/h5-6,20H,4,7-12H2,1-3H3. The lowest BCUT2D eigenvalue weighted by atomic mass is 10.1. The number of ether oxygens (including phenoxy) is 3. The number of aliphatic hydroxyl groups excluding tert-OH is 1. The van der Waals surface area contributed by atoms with Crippen LogP contribution in [0.1, 0.15) is 16.8 Å². The van der Waals surface area contributed by atoms with Crippen LogP contribution in [0.15, 0.2) is 12.1 Å². The summed E-state index contributed by atoms with van der Waals surface area (Å²) in [6, 6.07) is 3.42. The Bertz CT molecular complexity index is 564. The Hall–Kier alpha value is -1.99. The van der Waals surface area contributed by atoms with Crippen LogP contribution in [0.4, 0.5) is 0 Å². The molecule has 0 bridgehead atoms. The third-order valence-corrected chi connectivity index (χ3v) is 4.23. The topological polar surface area (TPSA) is 71.5 Å². The third-order valence-electron chi connectivity index (χ3n) is 4.23. The van der Waals surface area contributed by atoms with Crippen LogP contribution in [-0.2, 0) is 0 Å². The second-order valence-corrected chi connectivity index (χ2v) is 5.59. The maximum absolute atomic E-state index is 12.9. The molecule has 1 aromatic rings. The first kappa shape index (κ1) is 18.4. The van der Waals surface area contributed by atoms with E-state index in [2.05, 4.69) is 4.90 Å². The van der Waals surface area contributed by atoms with Gasteiger partial charge < -0.3 is 24.2 Å². The molecule has 0 aromatic heterocycles. The summed E-state index contributed by atoms with van der Waals surface area (Å²) in [5, 5.41) is 9.07. The van der Waals surface area contributed by atoms with Crippen LogP contribution in [-0.4, -0.2) is 81.5 Å². The quantitative estimate of drug-likeness (QED) is 0.829. The summed E-state index contributed by atoms with van der Waals surface area (Å²) < 4.78 is 16.0. The molecule has 7 nitrogen and oxygen atoms in total. The number of aliphatic hydroxyl groups is 1. The number of hydrogen-bond acceptors (Lipinski definition) is 6. The summed E-state index contributed by atoms with van der Waals surface area (Å²) in [6.45, 7) is 3.71. The maximum Gasteiger partial charge on any atom is 0.257 e. The normalized spacial score (nSPS) is 15.8. The third kappa shape index (κ3) is 3.91. The van der Waals surface area contributed by atoms with Crippen molar-refractivity contribution < 1.29 is 24.1 Å². The molecule has 0 atom stereocenters. The van der Waals surface area contributed by atoms with E-state index in [0.717, 1.165) is 19.5 Å². The van der Waals surface area contributed by atoms with Crippen molar-refractivity contribution in [1.82, 2.24) is 9.80 Å². The van der Waals surface area contributed by atoms with Crippen LogP contribution >= 0.6 is 0 Å². The first-order valence-corrected chi connectivity index (χ1v) is 8.07. The lowest BCUT2D eigenvalue weighted by Crippen LogP contribution is -2.36. The number of benzene rings is 1. The van der Waals surface area contributed by atoms with Crippen molar-refractivity contribution in [3.63, 3.8) is 0 Å². The Kier molecular flexibility index (Phi) is 6.69. The predicted molar refractivity (Wildman–Crippen MR) is 90.1 cm³/mol. The highest BCUT2D eigenvalue weighted by Crippen LogP contribution is 2.40. The zero-order valence-electron chi connectivity index (χ0n) is 14.6. The van der Waals surface area contributed by atoms with Gasteiger partial charge in [-0.15, -0.1) is 0 Å². The van der Waals surface area contributed by atoms with Crippen molar-refractivity contribution in [1.29, 1.82) is 0 Å². The van der Waals surface area contributed by atoms with E-state index in [1.54, 1.807) is 19.2 Å². The minimum absolute atomic E-state index is 0.0846.